The number of carboxylic acid groups (broad SMARTS) is 1. The third-order valence-electron chi connectivity index (χ3n) is 6.99. The van der Waals surface area contributed by atoms with Crippen LogP contribution in [-0.2, 0) is 32.0 Å². The Hall–Kier alpha value is -4.26. The molecule has 2 aromatic carbocycles. The smallest absolute Gasteiger partial charge is 0.326 e. The lowest BCUT2D eigenvalue weighted by atomic mass is 10.0. The molecule has 5 atom stereocenters. The number of carboxylic acids is 1. The molecule has 0 saturated heterocycles. The van der Waals surface area contributed by atoms with Crippen molar-refractivity contribution in [1.82, 2.24) is 20.9 Å². The maximum absolute atomic E-state index is 13.3. The molecule has 3 amide bonds. The van der Waals surface area contributed by atoms with E-state index in [4.69, 9.17) is 11.5 Å². The summed E-state index contributed by atoms with van der Waals surface area (Å²) in [6, 6.07) is 11.7. The second-order valence-electron chi connectivity index (χ2n) is 10.3. The van der Waals surface area contributed by atoms with E-state index in [0.29, 0.717) is 24.9 Å². The number of hydrogen-bond acceptors (Lipinski definition) is 7. The van der Waals surface area contributed by atoms with E-state index in [1.807, 2.05) is 54.6 Å². The molecule has 12 heteroatoms. The number of carbonyl (C=O) groups excluding carboxylic acids is 3. The first-order valence-electron chi connectivity index (χ1n) is 14.0. The summed E-state index contributed by atoms with van der Waals surface area (Å²) in [5, 5.41) is 28.6. The van der Waals surface area contributed by atoms with E-state index >= 15 is 0 Å². The highest BCUT2D eigenvalue weighted by Crippen LogP contribution is 2.19. The van der Waals surface area contributed by atoms with Crippen LogP contribution in [0.5, 0.6) is 0 Å². The number of carbonyl (C=O) groups is 4. The highest BCUT2D eigenvalue weighted by Gasteiger charge is 2.32. The number of H-pyrrole nitrogens is 1. The van der Waals surface area contributed by atoms with Crippen LogP contribution in [0.15, 0.2) is 60.8 Å². The molecule has 3 aromatic rings. The van der Waals surface area contributed by atoms with Gasteiger partial charge in [-0.3, -0.25) is 14.4 Å². The number of aliphatic hydroxyl groups is 1. The molecule has 0 aliphatic rings. The molecule has 0 fully saturated rings. The van der Waals surface area contributed by atoms with Gasteiger partial charge in [0.05, 0.1) is 12.1 Å². The van der Waals surface area contributed by atoms with Gasteiger partial charge in [-0.05, 0) is 56.3 Å². The fourth-order valence-electron chi connectivity index (χ4n) is 4.64. The molecule has 1 aromatic heterocycles. The zero-order valence-electron chi connectivity index (χ0n) is 23.6. The summed E-state index contributed by atoms with van der Waals surface area (Å²) in [7, 11) is 0. The number of para-hydroxylation sites is 1. The predicted octanol–water partition coefficient (Wildman–Crippen LogP) is 0.329. The molecule has 0 spiro atoms. The minimum absolute atomic E-state index is 0.0141. The number of fused-ring (bicyclic) bond motifs is 1. The lowest BCUT2D eigenvalue weighted by molar-refractivity contribution is -0.142. The third-order valence-corrected chi connectivity index (χ3v) is 6.99. The fourth-order valence-corrected chi connectivity index (χ4v) is 4.64. The SMILES string of the molecule is CC(O)C(NC(=O)C(N)Cc1ccccc1)C(=O)NC(CCCCN)C(=O)NC(Cc1c[nH]c2ccccc12)C(=O)O. The number of nitrogens with two attached hydrogens (primary N) is 2. The first-order chi connectivity index (χ1) is 20.1. The summed E-state index contributed by atoms with van der Waals surface area (Å²) in [4.78, 5) is 54.5. The van der Waals surface area contributed by atoms with Gasteiger partial charge in [-0.15, -0.1) is 0 Å². The number of rotatable bonds is 16. The van der Waals surface area contributed by atoms with Crippen LogP contribution in [0.1, 0.15) is 37.3 Å². The van der Waals surface area contributed by atoms with Gasteiger partial charge in [-0.2, -0.15) is 0 Å². The lowest BCUT2D eigenvalue weighted by Crippen LogP contribution is -2.60. The van der Waals surface area contributed by atoms with Gasteiger partial charge < -0.3 is 42.6 Å². The molecule has 0 saturated carbocycles. The van der Waals surface area contributed by atoms with Crippen LogP contribution in [0.4, 0.5) is 0 Å². The van der Waals surface area contributed by atoms with Crippen molar-refractivity contribution in [3.63, 3.8) is 0 Å². The van der Waals surface area contributed by atoms with E-state index in [-0.39, 0.29) is 19.3 Å². The normalized spacial score (nSPS) is 14.8. The minimum Gasteiger partial charge on any atom is -0.480 e. The monoisotopic (exact) mass is 580 g/mol. The summed E-state index contributed by atoms with van der Waals surface area (Å²) in [6.45, 7) is 1.70. The number of nitrogens with one attached hydrogen (secondary N) is 4. The average molecular weight is 581 g/mol. The standard InChI is InChI=1S/C30H40N6O6/c1-18(37)26(36-27(38)22(32)15-19-9-3-2-4-10-19)29(40)34-24(13-7-8-14-31)28(39)35-25(30(41)42)16-20-17-33-23-12-6-5-11-21(20)23/h2-6,9-12,17-18,22,24-26,33,37H,7-8,13-16,31-32H2,1H3,(H,34,40)(H,35,39)(H,36,38)(H,41,42). The Morgan fingerprint density at radius 1 is 0.857 bits per heavy atom. The van der Waals surface area contributed by atoms with Gasteiger partial charge in [-0.25, -0.2) is 4.79 Å². The molecule has 0 aliphatic heterocycles. The predicted molar refractivity (Wildman–Crippen MR) is 158 cm³/mol. The maximum atomic E-state index is 13.3. The summed E-state index contributed by atoms with van der Waals surface area (Å²) in [6.07, 6.45) is 1.84. The van der Waals surface area contributed by atoms with Crippen molar-refractivity contribution in [2.24, 2.45) is 11.5 Å². The summed E-state index contributed by atoms with van der Waals surface area (Å²) < 4.78 is 0. The van der Waals surface area contributed by atoms with Gasteiger partial charge in [0, 0.05) is 23.5 Å². The molecule has 5 unspecified atom stereocenters. The second kappa shape index (κ2) is 15.7. The van der Waals surface area contributed by atoms with E-state index in [1.165, 1.54) is 6.92 Å². The van der Waals surface area contributed by atoms with Gasteiger partial charge >= 0.3 is 5.97 Å². The Balaban J connectivity index is 1.70. The number of unbranched alkanes of at least 4 members (excludes halogenated alkanes) is 1. The number of benzene rings is 2. The van der Waals surface area contributed by atoms with Gasteiger partial charge in [0.15, 0.2) is 0 Å². The van der Waals surface area contributed by atoms with Gasteiger partial charge in [0.25, 0.3) is 0 Å². The molecule has 10 N–H and O–H groups in total. The molecule has 3 rings (SSSR count). The van der Waals surface area contributed by atoms with Gasteiger partial charge in [-0.1, -0.05) is 48.5 Å². The molecule has 0 bridgehead atoms. The average Bonchev–Trinajstić information content (AvgIpc) is 3.37. The summed E-state index contributed by atoms with van der Waals surface area (Å²) >= 11 is 0. The van der Waals surface area contributed by atoms with Gasteiger partial charge in [0.1, 0.15) is 18.1 Å². The van der Waals surface area contributed by atoms with E-state index in [0.717, 1.165) is 16.5 Å². The molecule has 1 heterocycles. The topological polar surface area (TPSA) is 213 Å². The maximum Gasteiger partial charge on any atom is 0.326 e. The highest BCUT2D eigenvalue weighted by molar-refractivity contribution is 5.94. The Morgan fingerprint density at radius 3 is 2.19 bits per heavy atom. The lowest BCUT2D eigenvalue weighted by Gasteiger charge is -2.26. The van der Waals surface area contributed by atoms with Crippen LogP contribution in [0, 0.1) is 0 Å². The Kier molecular flexibility index (Phi) is 12.0. The van der Waals surface area contributed by atoms with Crippen LogP contribution >= 0.6 is 0 Å². The number of amides is 3. The highest BCUT2D eigenvalue weighted by atomic mass is 16.4. The van der Waals surface area contributed by atoms with Crippen molar-refractivity contribution >= 4 is 34.6 Å². The van der Waals surface area contributed by atoms with E-state index in [2.05, 4.69) is 20.9 Å². The number of aliphatic carboxylic acids is 1. The van der Waals surface area contributed by atoms with Crippen LogP contribution < -0.4 is 27.4 Å². The van der Waals surface area contributed by atoms with E-state index in [1.54, 1.807) is 6.20 Å². The van der Waals surface area contributed by atoms with Crippen molar-refractivity contribution in [2.45, 2.75) is 69.3 Å². The van der Waals surface area contributed by atoms with Crippen LogP contribution in [0.25, 0.3) is 10.9 Å². The van der Waals surface area contributed by atoms with Crippen molar-refractivity contribution in [1.29, 1.82) is 0 Å². The largest absolute Gasteiger partial charge is 0.480 e. The minimum atomic E-state index is -1.40. The summed E-state index contributed by atoms with van der Waals surface area (Å²) in [5.74, 6) is -3.39. The first kappa shape index (κ1) is 32.3. The van der Waals surface area contributed by atoms with Crippen LogP contribution in [0.2, 0.25) is 0 Å². The molecule has 226 valence electrons. The Bertz CT molecular complexity index is 1340. The van der Waals surface area contributed by atoms with Crippen molar-refractivity contribution in [2.75, 3.05) is 6.54 Å². The van der Waals surface area contributed by atoms with Crippen molar-refractivity contribution in [3.8, 4) is 0 Å². The second-order valence-corrected chi connectivity index (χ2v) is 10.3. The van der Waals surface area contributed by atoms with Crippen molar-refractivity contribution < 1.29 is 29.4 Å². The number of aromatic amines is 1. The molecule has 0 aliphatic carbocycles. The quantitative estimate of drug-likeness (QED) is 0.110. The van der Waals surface area contributed by atoms with Crippen molar-refractivity contribution in [3.05, 3.63) is 71.9 Å². The number of aliphatic hydroxyl groups excluding tert-OH is 1. The third kappa shape index (κ3) is 9.13. The Labute approximate surface area is 244 Å². The van der Waals surface area contributed by atoms with Gasteiger partial charge in [0.2, 0.25) is 17.7 Å². The molecule has 42 heavy (non-hydrogen) atoms. The fraction of sp³-hybridized carbons (Fsp3) is 0.400. The number of aromatic nitrogens is 1. The van der Waals surface area contributed by atoms with E-state index < -0.39 is 54.0 Å². The molecule has 0 radical (unpaired) electrons. The van der Waals surface area contributed by atoms with Crippen LogP contribution in [0.3, 0.4) is 0 Å². The number of hydrogen-bond donors (Lipinski definition) is 8. The van der Waals surface area contributed by atoms with Crippen LogP contribution in [-0.4, -0.2) is 75.7 Å². The Morgan fingerprint density at radius 2 is 1.52 bits per heavy atom. The van der Waals surface area contributed by atoms with E-state index in [9.17, 15) is 29.4 Å². The summed E-state index contributed by atoms with van der Waals surface area (Å²) in [5.41, 5.74) is 14.0. The molecular weight excluding hydrogens is 540 g/mol. The molecular formula is C30H40N6O6. The zero-order chi connectivity index (χ0) is 30.6. The zero-order valence-corrected chi connectivity index (χ0v) is 23.6. The molecule has 12 nitrogen and oxygen atoms in total. The first-order valence-corrected chi connectivity index (χ1v) is 14.0.